The lowest BCUT2D eigenvalue weighted by Crippen LogP contribution is -2.08. The fourth-order valence-electron chi connectivity index (χ4n) is 2.15. The summed E-state index contributed by atoms with van der Waals surface area (Å²) in [5, 5.41) is 12.4. The van der Waals surface area contributed by atoms with Gasteiger partial charge < -0.3 is 10.4 Å². The highest BCUT2D eigenvalue weighted by atomic mass is 19.1. The minimum atomic E-state index is -0.613. The van der Waals surface area contributed by atoms with Crippen molar-refractivity contribution in [1.82, 2.24) is 0 Å². The minimum absolute atomic E-state index is 0.0730. The molecule has 0 amide bonds. The van der Waals surface area contributed by atoms with Gasteiger partial charge in [0.2, 0.25) is 0 Å². The number of hydrogen-bond acceptors (Lipinski definition) is 2. The van der Waals surface area contributed by atoms with E-state index in [1.165, 1.54) is 28.8 Å². The molecule has 2 aromatic rings. The molecule has 0 heterocycles. The third-order valence-corrected chi connectivity index (χ3v) is 3.23. The molecule has 1 atom stereocenters. The molecule has 0 aliphatic rings. The summed E-state index contributed by atoms with van der Waals surface area (Å²) in [5.41, 5.74) is 4.24. The molecular weight excluding hydrogens is 241 g/mol. The molecule has 0 aliphatic heterocycles. The maximum Gasteiger partial charge on any atom is 0.166 e. The Morgan fingerprint density at radius 3 is 2.53 bits per heavy atom. The van der Waals surface area contributed by atoms with E-state index in [4.69, 9.17) is 0 Å². The van der Waals surface area contributed by atoms with E-state index in [0.29, 0.717) is 5.69 Å². The maximum atomic E-state index is 13.3. The summed E-state index contributed by atoms with van der Waals surface area (Å²) in [7, 11) is 0. The zero-order valence-corrected chi connectivity index (χ0v) is 11.4. The van der Waals surface area contributed by atoms with Crippen molar-refractivity contribution in [1.29, 1.82) is 0 Å². The second-order valence-electron chi connectivity index (χ2n) is 4.89. The summed E-state index contributed by atoms with van der Waals surface area (Å²) >= 11 is 0. The highest BCUT2D eigenvalue weighted by Gasteiger charge is 2.10. The molecule has 0 aromatic heterocycles. The molecule has 2 rings (SSSR count). The number of aromatic hydroxyl groups is 1. The Morgan fingerprint density at radius 2 is 1.84 bits per heavy atom. The molecule has 100 valence electrons. The smallest absolute Gasteiger partial charge is 0.166 e. The van der Waals surface area contributed by atoms with Gasteiger partial charge in [-0.05, 0) is 44.0 Å². The van der Waals surface area contributed by atoms with E-state index < -0.39 is 5.82 Å². The first-order valence-electron chi connectivity index (χ1n) is 6.29. The van der Waals surface area contributed by atoms with Gasteiger partial charge in [-0.3, -0.25) is 0 Å². The van der Waals surface area contributed by atoms with Gasteiger partial charge in [-0.1, -0.05) is 23.8 Å². The highest BCUT2D eigenvalue weighted by Crippen LogP contribution is 2.25. The zero-order chi connectivity index (χ0) is 14.0. The van der Waals surface area contributed by atoms with Gasteiger partial charge in [0.25, 0.3) is 0 Å². The first kappa shape index (κ1) is 13.4. The SMILES string of the molecule is Cc1ccc(C)c(C(C)Nc2ccc(O)c(F)c2)c1. The Morgan fingerprint density at radius 1 is 1.11 bits per heavy atom. The van der Waals surface area contributed by atoms with Crippen molar-refractivity contribution in [2.75, 3.05) is 5.32 Å². The fourth-order valence-corrected chi connectivity index (χ4v) is 2.15. The van der Waals surface area contributed by atoms with Crippen LogP contribution in [0.3, 0.4) is 0 Å². The molecule has 0 radical (unpaired) electrons. The Hall–Kier alpha value is -2.03. The molecule has 1 unspecified atom stereocenters. The summed E-state index contributed by atoms with van der Waals surface area (Å²) in [6, 6.07) is 10.7. The molecular formula is C16H18FNO. The van der Waals surface area contributed by atoms with Gasteiger partial charge in [-0.15, -0.1) is 0 Å². The number of halogens is 1. The van der Waals surface area contributed by atoms with Gasteiger partial charge >= 0.3 is 0 Å². The Bertz CT molecular complexity index is 595. The van der Waals surface area contributed by atoms with Gasteiger partial charge in [0.15, 0.2) is 11.6 Å². The molecule has 0 bridgehead atoms. The second kappa shape index (κ2) is 5.31. The van der Waals surface area contributed by atoms with Gasteiger partial charge in [0.1, 0.15) is 0 Å². The summed E-state index contributed by atoms with van der Waals surface area (Å²) in [4.78, 5) is 0. The van der Waals surface area contributed by atoms with Crippen LogP contribution in [-0.4, -0.2) is 5.11 Å². The zero-order valence-electron chi connectivity index (χ0n) is 11.4. The maximum absolute atomic E-state index is 13.3. The van der Waals surface area contributed by atoms with Crippen molar-refractivity contribution < 1.29 is 9.50 Å². The first-order valence-corrected chi connectivity index (χ1v) is 6.29. The number of aryl methyl sites for hydroxylation is 2. The molecule has 2 nitrogen and oxygen atoms in total. The average Bonchev–Trinajstić information content (AvgIpc) is 2.36. The van der Waals surface area contributed by atoms with Crippen molar-refractivity contribution in [3.8, 4) is 5.75 Å². The average molecular weight is 259 g/mol. The summed E-state index contributed by atoms with van der Waals surface area (Å²) in [6.45, 7) is 6.15. The van der Waals surface area contributed by atoms with E-state index in [-0.39, 0.29) is 11.8 Å². The predicted molar refractivity (Wildman–Crippen MR) is 76.0 cm³/mol. The van der Waals surface area contributed by atoms with E-state index in [1.54, 1.807) is 6.07 Å². The van der Waals surface area contributed by atoms with Crippen LogP contribution in [0.2, 0.25) is 0 Å². The molecule has 0 saturated heterocycles. The van der Waals surface area contributed by atoms with Crippen LogP contribution >= 0.6 is 0 Å². The normalized spacial score (nSPS) is 12.2. The van der Waals surface area contributed by atoms with Crippen molar-refractivity contribution >= 4 is 5.69 Å². The molecule has 0 fully saturated rings. The number of nitrogens with one attached hydrogen (secondary N) is 1. The molecule has 3 heteroatoms. The monoisotopic (exact) mass is 259 g/mol. The lowest BCUT2D eigenvalue weighted by Gasteiger charge is -2.18. The standard InChI is InChI=1S/C16H18FNO/c1-10-4-5-11(2)14(8-10)12(3)18-13-6-7-16(19)15(17)9-13/h4-9,12,18-19H,1-3H3. The van der Waals surface area contributed by atoms with Crippen LogP contribution in [0, 0.1) is 19.7 Å². The van der Waals surface area contributed by atoms with E-state index >= 15 is 0 Å². The number of phenolic OH excluding ortho intramolecular Hbond substituents is 1. The lowest BCUT2D eigenvalue weighted by molar-refractivity contribution is 0.432. The molecule has 0 saturated carbocycles. The topological polar surface area (TPSA) is 32.3 Å². The molecule has 2 aromatic carbocycles. The van der Waals surface area contributed by atoms with Gasteiger partial charge in [0.05, 0.1) is 0 Å². The van der Waals surface area contributed by atoms with Crippen molar-refractivity contribution in [2.45, 2.75) is 26.8 Å². The summed E-state index contributed by atoms with van der Waals surface area (Å²) in [6.07, 6.45) is 0. The third-order valence-electron chi connectivity index (χ3n) is 3.23. The molecule has 0 spiro atoms. The predicted octanol–water partition coefficient (Wildman–Crippen LogP) is 4.32. The van der Waals surface area contributed by atoms with Gasteiger partial charge in [0, 0.05) is 17.8 Å². The quantitative estimate of drug-likeness (QED) is 0.804. The summed E-state index contributed by atoms with van der Waals surface area (Å²) in [5.74, 6) is -0.942. The van der Waals surface area contributed by atoms with E-state index in [2.05, 4.69) is 37.4 Å². The van der Waals surface area contributed by atoms with E-state index in [0.717, 1.165) is 0 Å². The van der Waals surface area contributed by atoms with E-state index in [1.807, 2.05) is 6.92 Å². The van der Waals surface area contributed by atoms with Crippen LogP contribution in [0.15, 0.2) is 36.4 Å². The van der Waals surface area contributed by atoms with Crippen LogP contribution < -0.4 is 5.32 Å². The fraction of sp³-hybridized carbons (Fsp3) is 0.250. The molecule has 2 N–H and O–H groups in total. The van der Waals surface area contributed by atoms with Crippen molar-refractivity contribution in [3.63, 3.8) is 0 Å². The van der Waals surface area contributed by atoms with Crippen LogP contribution in [0.5, 0.6) is 5.75 Å². The third kappa shape index (κ3) is 3.05. The van der Waals surface area contributed by atoms with E-state index in [9.17, 15) is 9.50 Å². The largest absolute Gasteiger partial charge is 0.505 e. The number of benzene rings is 2. The number of hydrogen-bond donors (Lipinski definition) is 2. The Balaban J connectivity index is 2.22. The number of anilines is 1. The van der Waals surface area contributed by atoms with Crippen LogP contribution in [0.4, 0.5) is 10.1 Å². The number of phenols is 1. The second-order valence-corrected chi connectivity index (χ2v) is 4.89. The summed E-state index contributed by atoms with van der Waals surface area (Å²) < 4.78 is 13.3. The highest BCUT2D eigenvalue weighted by molar-refractivity contribution is 5.49. The first-order chi connectivity index (χ1) is 8.97. The minimum Gasteiger partial charge on any atom is -0.505 e. The molecule has 19 heavy (non-hydrogen) atoms. The Kier molecular flexibility index (Phi) is 3.74. The van der Waals surface area contributed by atoms with Gasteiger partial charge in [-0.2, -0.15) is 0 Å². The van der Waals surface area contributed by atoms with Crippen molar-refractivity contribution in [3.05, 3.63) is 58.9 Å². The Labute approximate surface area is 112 Å². The lowest BCUT2D eigenvalue weighted by atomic mass is 10.00. The van der Waals surface area contributed by atoms with Gasteiger partial charge in [-0.25, -0.2) is 4.39 Å². The van der Waals surface area contributed by atoms with Crippen LogP contribution in [0.25, 0.3) is 0 Å². The molecule has 0 aliphatic carbocycles. The van der Waals surface area contributed by atoms with Crippen molar-refractivity contribution in [2.24, 2.45) is 0 Å². The van der Waals surface area contributed by atoms with Crippen LogP contribution in [0.1, 0.15) is 29.7 Å². The van der Waals surface area contributed by atoms with Crippen LogP contribution in [-0.2, 0) is 0 Å². The number of rotatable bonds is 3.